The highest BCUT2D eigenvalue weighted by Crippen LogP contribution is 1.85. The van der Waals surface area contributed by atoms with Crippen molar-refractivity contribution in [1.82, 2.24) is 10.3 Å². The van der Waals surface area contributed by atoms with Gasteiger partial charge in [-0.1, -0.05) is 0 Å². The average Bonchev–Trinajstić information content (AvgIpc) is 1.90. The maximum absolute atomic E-state index is 5.09. The monoisotopic (exact) mass is 147 g/mol. The Morgan fingerprint density at radius 2 is 2.00 bits per heavy atom. The Morgan fingerprint density at radius 3 is 2.11 bits per heavy atom. The van der Waals surface area contributed by atoms with Crippen molar-refractivity contribution in [3.8, 4) is 0 Å². The number of nitrogens with zero attached hydrogens (tertiary/aromatic N) is 1. The Bertz CT molecular complexity index is 90.2. The molecule has 0 unspecified atom stereocenters. The smallest absolute Gasteiger partial charge is 0.183 e. The van der Waals surface area contributed by atoms with Gasteiger partial charge in [-0.05, 0) is 26.1 Å². The van der Waals surface area contributed by atoms with Crippen molar-refractivity contribution >= 4 is 17.3 Å². The van der Waals surface area contributed by atoms with E-state index in [0.29, 0.717) is 5.11 Å². The lowest BCUT2D eigenvalue weighted by Crippen LogP contribution is -2.42. The lowest BCUT2D eigenvalue weighted by Gasteiger charge is -2.19. The van der Waals surface area contributed by atoms with Gasteiger partial charge >= 0.3 is 0 Å². The van der Waals surface area contributed by atoms with Crippen molar-refractivity contribution in [1.29, 1.82) is 0 Å². The van der Waals surface area contributed by atoms with Gasteiger partial charge in [-0.3, -0.25) is 0 Å². The van der Waals surface area contributed by atoms with E-state index < -0.39 is 0 Å². The number of hydrogen-bond donors (Lipinski definition) is 2. The molecule has 0 spiro atoms. The average molecular weight is 147 g/mol. The number of nitrogens with one attached hydrogen (secondary N) is 1. The molecule has 0 heterocycles. The number of thiocarbonyl (C=S) groups is 1. The molecule has 0 aromatic carbocycles. The molecule has 0 fully saturated rings. The molecule has 54 valence electrons. The van der Waals surface area contributed by atoms with Crippen LogP contribution in [0.25, 0.3) is 0 Å². The van der Waals surface area contributed by atoms with E-state index in [1.807, 2.05) is 18.7 Å². The fourth-order valence-corrected chi connectivity index (χ4v) is 0.860. The lowest BCUT2D eigenvalue weighted by molar-refractivity contribution is 0.457. The van der Waals surface area contributed by atoms with Gasteiger partial charge in [-0.25, -0.2) is 5.84 Å². The molecule has 3 nitrogen and oxygen atoms in total. The van der Waals surface area contributed by atoms with Crippen molar-refractivity contribution in [3.63, 3.8) is 0 Å². The molecule has 9 heavy (non-hydrogen) atoms. The molecule has 0 aliphatic rings. The first kappa shape index (κ1) is 8.65. The van der Waals surface area contributed by atoms with Gasteiger partial charge in [-0.15, -0.1) is 0 Å². The summed E-state index contributed by atoms with van der Waals surface area (Å²) in [4.78, 5) is 1.97. The summed E-state index contributed by atoms with van der Waals surface area (Å²) in [6.07, 6.45) is 0. The molecule has 3 N–H and O–H groups in total. The van der Waals surface area contributed by atoms with Gasteiger partial charge < -0.3 is 10.3 Å². The Kier molecular flexibility index (Phi) is 4.35. The van der Waals surface area contributed by atoms with Gasteiger partial charge in [-0.2, -0.15) is 0 Å². The van der Waals surface area contributed by atoms with Crippen LogP contribution in [0.3, 0.4) is 0 Å². The molecule has 0 atom stereocenters. The van der Waals surface area contributed by atoms with Crippen molar-refractivity contribution in [2.45, 2.75) is 13.8 Å². The molecule has 0 aromatic heterocycles. The topological polar surface area (TPSA) is 41.3 Å². The predicted octanol–water partition coefficient (Wildman–Crippen LogP) is 0.0764. The summed E-state index contributed by atoms with van der Waals surface area (Å²) in [6.45, 7) is 5.87. The number of hydrazine groups is 1. The summed E-state index contributed by atoms with van der Waals surface area (Å²) in [5.41, 5.74) is 2.42. The molecular formula is C5H13N3S. The summed E-state index contributed by atoms with van der Waals surface area (Å²) in [5.74, 6) is 5.09. The van der Waals surface area contributed by atoms with Gasteiger partial charge in [0, 0.05) is 13.1 Å². The van der Waals surface area contributed by atoms with Crippen molar-refractivity contribution in [3.05, 3.63) is 0 Å². The Labute approximate surface area is 61.2 Å². The van der Waals surface area contributed by atoms with Crippen LogP contribution in [-0.4, -0.2) is 23.1 Å². The quantitative estimate of drug-likeness (QED) is 0.330. The molecule has 0 rings (SSSR count). The van der Waals surface area contributed by atoms with Crippen LogP contribution in [-0.2, 0) is 0 Å². The van der Waals surface area contributed by atoms with Crippen molar-refractivity contribution in [2.75, 3.05) is 13.1 Å². The lowest BCUT2D eigenvalue weighted by atomic mass is 10.5. The fraction of sp³-hybridized carbons (Fsp3) is 0.800. The molecule has 0 saturated carbocycles. The summed E-state index contributed by atoms with van der Waals surface area (Å²) >= 11 is 4.86. The largest absolute Gasteiger partial charge is 0.349 e. The number of rotatable bonds is 2. The highest BCUT2D eigenvalue weighted by Gasteiger charge is 1.99. The third-order valence-corrected chi connectivity index (χ3v) is 1.55. The highest BCUT2D eigenvalue weighted by atomic mass is 32.1. The minimum atomic E-state index is 0.611. The molecule has 0 saturated heterocycles. The van der Waals surface area contributed by atoms with E-state index in [2.05, 4.69) is 5.43 Å². The van der Waals surface area contributed by atoms with E-state index in [4.69, 9.17) is 18.1 Å². The number of hydrogen-bond acceptors (Lipinski definition) is 2. The van der Waals surface area contributed by atoms with E-state index in [1.54, 1.807) is 0 Å². The van der Waals surface area contributed by atoms with Gasteiger partial charge in [0.1, 0.15) is 0 Å². The summed E-state index contributed by atoms with van der Waals surface area (Å²) in [7, 11) is 0. The van der Waals surface area contributed by atoms with Crippen LogP contribution in [0, 0.1) is 0 Å². The molecule has 0 aromatic rings. The Balaban J connectivity index is 3.64. The van der Waals surface area contributed by atoms with Gasteiger partial charge in [0.05, 0.1) is 0 Å². The summed E-state index contributed by atoms with van der Waals surface area (Å²) in [5, 5.41) is 0.611. The summed E-state index contributed by atoms with van der Waals surface area (Å²) in [6, 6.07) is 0. The molecule has 0 bridgehead atoms. The van der Waals surface area contributed by atoms with Crippen LogP contribution >= 0.6 is 12.2 Å². The van der Waals surface area contributed by atoms with Gasteiger partial charge in [0.15, 0.2) is 5.11 Å². The molecule has 0 radical (unpaired) electrons. The van der Waals surface area contributed by atoms with E-state index in [-0.39, 0.29) is 0 Å². The minimum Gasteiger partial charge on any atom is -0.349 e. The molecule has 0 amide bonds. The second-order valence-corrected chi connectivity index (χ2v) is 2.01. The molecule has 0 aliphatic heterocycles. The summed E-state index contributed by atoms with van der Waals surface area (Å²) < 4.78 is 0. The van der Waals surface area contributed by atoms with Crippen LogP contribution in [0.4, 0.5) is 0 Å². The van der Waals surface area contributed by atoms with Crippen molar-refractivity contribution in [2.24, 2.45) is 5.84 Å². The van der Waals surface area contributed by atoms with Crippen molar-refractivity contribution < 1.29 is 0 Å². The van der Waals surface area contributed by atoms with Gasteiger partial charge in [0.2, 0.25) is 0 Å². The molecule has 4 heteroatoms. The SMILES string of the molecule is CCN(CC)C(=S)NN. The maximum Gasteiger partial charge on any atom is 0.183 e. The standard InChI is InChI=1S/C5H13N3S/c1-3-8(4-2)5(9)7-6/h3-4,6H2,1-2H3,(H,7,9). The van der Waals surface area contributed by atoms with E-state index in [0.717, 1.165) is 13.1 Å². The van der Waals surface area contributed by atoms with Crippen LogP contribution in [0.1, 0.15) is 13.8 Å². The number of nitrogens with two attached hydrogens (primary N) is 1. The predicted molar refractivity (Wildman–Crippen MR) is 42.8 cm³/mol. The van der Waals surface area contributed by atoms with E-state index >= 15 is 0 Å². The van der Waals surface area contributed by atoms with Crippen LogP contribution < -0.4 is 11.3 Å². The minimum absolute atomic E-state index is 0.611. The van der Waals surface area contributed by atoms with E-state index in [1.165, 1.54) is 0 Å². The van der Waals surface area contributed by atoms with Crippen LogP contribution in [0.15, 0.2) is 0 Å². The third kappa shape index (κ3) is 2.62. The normalized spacial score (nSPS) is 8.78. The zero-order valence-corrected chi connectivity index (χ0v) is 6.66. The van der Waals surface area contributed by atoms with Crippen LogP contribution in [0.2, 0.25) is 0 Å². The van der Waals surface area contributed by atoms with Gasteiger partial charge in [0.25, 0.3) is 0 Å². The zero-order chi connectivity index (χ0) is 7.28. The van der Waals surface area contributed by atoms with E-state index in [9.17, 15) is 0 Å². The van der Waals surface area contributed by atoms with Crippen LogP contribution in [0.5, 0.6) is 0 Å². The maximum atomic E-state index is 5.09. The molecular weight excluding hydrogens is 134 g/mol. The second kappa shape index (κ2) is 4.52. The first-order chi connectivity index (χ1) is 4.26. The second-order valence-electron chi connectivity index (χ2n) is 1.62. The molecule has 0 aliphatic carbocycles. The Morgan fingerprint density at radius 1 is 1.56 bits per heavy atom. The third-order valence-electron chi connectivity index (χ3n) is 1.17. The first-order valence-corrected chi connectivity index (χ1v) is 3.42. The zero-order valence-electron chi connectivity index (χ0n) is 5.85. The highest BCUT2D eigenvalue weighted by molar-refractivity contribution is 7.80. The first-order valence-electron chi connectivity index (χ1n) is 3.01. The fourth-order valence-electron chi connectivity index (χ4n) is 0.602. The Hall–Kier alpha value is -0.350.